The highest BCUT2D eigenvalue weighted by atomic mass is 16.1. The van der Waals surface area contributed by atoms with Crippen molar-refractivity contribution in [3.05, 3.63) is 41.2 Å². The Kier molecular flexibility index (Phi) is 2.80. The highest BCUT2D eigenvalue weighted by molar-refractivity contribution is 5.90. The summed E-state index contributed by atoms with van der Waals surface area (Å²) in [6, 6.07) is 6.31. The van der Waals surface area contributed by atoms with E-state index in [0.717, 1.165) is 12.0 Å². The van der Waals surface area contributed by atoms with Gasteiger partial charge in [0.25, 0.3) is 0 Å². The molecular weight excluding hydrogens is 228 g/mol. The monoisotopic (exact) mass is 242 g/mol. The van der Waals surface area contributed by atoms with E-state index in [2.05, 4.69) is 32.6 Å². The first-order valence-electron chi connectivity index (χ1n) is 6.07. The maximum Gasteiger partial charge on any atom is 0.231 e. The molecule has 0 spiro atoms. The Balaban J connectivity index is 1.67. The van der Waals surface area contributed by atoms with Crippen molar-refractivity contribution < 1.29 is 4.79 Å². The van der Waals surface area contributed by atoms with Gasteiger partial charge in [0.2, 0.25) is 11.9 Å². The number of nitrogens with one attached hydrogen (secondary N) is 2. The molecule has 0 unspecified atom stereocenters. The molecule has 0 saturated heterocycles. The number of carbonyl (C=O) groups is 1. The molecule has 1 aromatic carbocycles. The summed E-state index contributed by atoms with van der Waals surface area (Å²) in [6.07, 6.45) is 5.26. The lowest BCUT2D eigenvalue weighted by atomic mass is 10.0. The van der Waals surface area contributed by atoms with E-state index in [1.54, 1.807) is 0 Å². The van der Waals surface area contributed by atoms with Crippen molar-refractivity contribution in [1.29, 1.82) is 0 Å². The second-order valence-corrected chi connectivity index (χ2v) is 4.52. The van der Waals surface area contributed by atoms with Gasteiger partial charge >= 0.3 is 0 Å². The molecule has 2 N–H and O–H groups in total. The maximum atomic E-state index is 11.8. The second kappa shape index (κ2) is 4.60. The Bertz CT molecular complexity index is 562. The molecule has 1 aliphatic carbocycles. The van der Waals surface area contributed by atoms with Gasteiger partial charge in [-0.05, 0) is 36.0 Å². The average Bonchev–Trinajstić information content (AvgIpc) is 2.98. The predicted molar refractivity (Wildman–Crippen MR) is 67.2 cm³/mol. The molecule has 0 bridgehead atoms. The van der Waals surface area contributed by atoms with E-state index in [9.17, 15) is 4.79 Å². The lowest BCUT2D eigenvalue weighted by Crippen LogP contribution is -2.15. The fraction of sp³-hybridized carbons (Fsp3) is 0.308. The third kappa shape index (κ3) is 2.25. The number of fused-ring (bicyclic) bond motifs is 1. The summed E-state index contributed by atoms with van der Waals surface area (Å²) >= 11 is 0. The van der Waals surface area contributed by atoms with E-state index in [1.807, 2.05) is 6.07 Å². The number of rotatable bonds is 3. The molecule has 3 rings (SSSR count). The number of carbonyl (C=O) groups excluding carboxylic acids is 1. The first-order chi connectivity index (χ1) is 8.81. The van der Waals surface area contributed by atoms with Crippen LogP contribution in [-0.4, -0.2) is 21.1 Å². The lowest BCUT2D eigenvalue weighted by Gasteiger charge is -2.05. The van der Waals surface area contributed by atoms with Crippen molar-refractivity contribution in [3.63, 3.8) is 0 Å². The normalized spacial score (nSPS) is 13.3. The summed E-state index contributed by atoms with van der Waals surface area (Å²) in [6.45, 7) is 0. The van der Waals surface area contributed by atoms with Gasteiger partial charge in [0.15, 0.2) is 0 Å². The molecule has 0 fully saturated rings. The number of amides is 1. The molecule has 1 amide bonds. The number of nitrogens with zero attached hydrogens (tertiary/aromatic N) is 2. The van der Waals surface area contributed by atoms with Gasteiger partial charge in [-0.25, -0.2) is 5.10 Å². The molecule has 18 heavy (non-hydrogen) atoms. The summed E-state index contributed by atoms with van der Waals surface area (Å²) in [5, 5.41) is 8.95. The summed E-state index contributed by atoms with van der Waals surface area (Å²) in [4.78, 5) is 15.6. The zero-order chi connectivity index (χ0) is 12.4. The van der Waals surface area contributed by atoms with Crippen molar-refractivity contribution in [2.24, 2.45) is 0 Å². The summed E-state index contributed by atoms with van der Waals surface area (Å²) in [7, 11) is 0. The van der Waals surface area contributed by atoms with Crippen LogP contribution in [0.15, 0.2) is 24.5 Å². The zero-order valence-electron chi connectivity index (χ0n) is 9.94. The van der Waals surface area contributed by atoms with Crippen molar-refractivity contribution in [2.75, 3.05) is 5.32 Å². The van der Waals surface area contributed by atoms with Gasteiger partial charge in [-0.3, -0.25) is 10.1 Å². The molecule has 0 atom stereocenters. The molecule has 0 radical (unpaired) electrons. The number of anilines is 1. The number of aromatic nitrogens is 3. The van der Waals surface area contributed by atoms with Gasteiger partial charge in [-0.15, -0.1) is 0 Å². The highest BCUT2D eigenvalue weighted by Crippen LogP contribution is 2.23. The van der Waals surface area contributed by atoms with E-state index in [0.29, 0.717) is 12.4 Å². The molecule has 2 aromatic rings. The number of aromatic amines is 1. The second-order valence-electron chi connectivity index (χ2n) is 4.52. The first-order valence-corrected chi connectivity index (χ1v) is 6.07. The van der Waals surface area contributed by atoms with Gasteiger partial charge in [0, 0.05) is 0 Å². The van der Waals surface area contributed by atoms with Crippen LogP contribution in [0.1, 0.15) is 23.1 Å². The largest absolute Gasteiger partial charge is 0.295 e. The maximum absolute atomic E-state index is 11.8. The smallest absolute Gasteiger partial charge is 0.231 e. The molecule has 1 heterocycles. The van der Waals surface area contributed by atoms with Gasteiger partial charge in [0.05, 0.1) is 6.42 Å². The minimum atomic E-state index is -0.0790. The van der Waals surface area contributed by atoms with Gasteiger partial charge in [0.1, 0.15) is 6.33 Å². The molecule has 0 aliphatic heterocycles. The molecule has 92 valence electrons. The van der Waals surface area contributed by atoms with Crippen molar-refractivity contribution in [1.82, 2.24) is 15.2 Å². The van der Waals surface area contributed by atoms with Crippen LogP contribution in [0.5, 0.6) is 0 Å². The summed E-state index contributed by atoms with van der Waals surface area (Å²) in [5.74, 6) is 0.311. The Hall–Kier alpha value is -2.17. The minimum absolute atomic E-state index is 0.0790. The average molecular weight is 242 g/mol. The minimum Gasteiger partial charge on any atom is -0.295 e. The van der Waals surface area contributed by atoms with Crippen LogP contribution in [0, 0.1) is 0 Å². The number of H-pyrrole nitrogens is 1. The fourth-order valence-corrected chi connectivity index (χ4v) is 2.36. The molecule has 5 nitrogen and oxygen atoms in total. The topological polar surface area (TPSA) is 70.7 Å². The molecular formula is C13H14N4O. The van der Waals surface area contributed by atoms with Crippen molar-refractivity contribution in [2.45, 2.75) is 25.7 Å². The fourth-order valence-electron chi connectivity index (χ4n) is 2.36. The Morgan fingerprint density at radius 2 is 2.22 bits per heavy atom. The summed E-state index contributed by atoms with van der Waals surface area (Å²) in [5.41, 5.74) is 3.86. The van der Waals surface area contributed by atoms with Crippen LogP contribution in [0.2, 0.25) is 0 Å². The van der Waals surface area contributed by atoms with Crippen LogP contribution in [0.3, 0.4) is 0 Å². The van der Waals surface area contributed by atoms with Gasteiger partial charge in [-0.2, -0.15) is 10.1 Å². The van der Waals surface area contributed by atoms with E-state index < -0.39 is 0 Å². The molecule has 0 saturated carbocycles. The molecule has 1 aromatic heterocycles. The van der Waals surface area contributed by atoms with Crippen molar-refractivity contribution in [3.8, 4) is 0 Å². The van der Waals surface area contributed by atoms with E-state index in [4.69, 9.17) is 0 Å². The third-order valence-corrected chi connectivity index (χ3v) is 3.20. The first kappa shape index (κ1) is 11.0. The van der Waals surface area contributed by atoms with Crippen LogP contribution in [0.4, 0.5) is 5.95 Å². The number of aryl methyl sites for hydroxylation is 2. The van der Waals surface area contributed by atoms with Crippen molar-refractivity contribution >= 4 is 11.9 Å². The number of benzene rings is 1. The quantitative estimate of drug-likeness (QED) is 0.856. The van der Waals surface area contributed by atoms with E-state index >= 15 is 0 Å². The number of hydrogen-bond donors (Lipinski definition) is 2. The lowest BCUT2D eigenvalue weighted by molar-refractivity contribution is -0.115. The van der Waals surface area contributed by atoms with E-state index in [-0.39, 0.29) is 5.91 Å². The van der Waals surface area contributed by atoms with Gasteiger partial charge < -0.3 is 0 Å². The SMILES string of the molecule is O=C(Cc1ccc2c(c1)CCC2)Nc1ncn[nH]1. The molecule has 5 heteroatoms. The Labute approximate surface area is 105 Å². The molecule has 1 aliphatic rings. The highest BCUT2D eigenvalue weighted by Gasteiger charge is 2.12. The zero-order valence-corrected chi connectivity index (χ0v) is 9.94. The standard InChI is InChI=1S/C13H14N4O/c18-12(16-13-14-8-15-17-13)7-9-4-5-10-2-1-3-11(10)6-9/h4-6,8H,1-3,7H2,(H2,14,15,16,17,18). The van der Waals surface area contributed by atoms with Crippen LogP contribution in [-0.2, 0) is 24.1 Å². The van der Waals surface area contributed by atoms with Gasteiger partial charge in [-0.1, -0.05) is 18.2 Å². The third-order valence-electron chi connectivity index (χ3n) is 3.20. The summed E-state index contributed by atoms with van der Waals surface area (Å²) < 4.78 is 0. The predicted octanol–water partition coefficient (Wildman–Crippen LogP) is 1.47. The Morgan fingerprint density at radius 1 is 1.33 bits per heavy atom. The van der Waals surface area contributed by atoms with E-state index in [1.165, 1.54) is 30.3 Å². The van der Waals surface area contributed by atoms with Crippen LogP contribution < -0.4 is 5.32 Å². The van der Waals surface area contributed by atoms with Crippen LogP contribution >= 0.6 is 0 Å². The number of hydrogen-bond acceptors (Lipinski definition) is 3. The van der Waals surface area contributed by atoms with Crippen LogP contribution in [0.25, 0.3) is 0 Å². The Morgan fingerprint density at radius 3 is 3.06 bits per heavy atom.